The summed E-state index contributed by atoms with van der Waals surface area (Å²) in [7, 11) is -2.21. The molecule has 7 heteroatoms. The number of aliphatic hydroxyl groups is 1. The number of hydrogen-bond acceptors (Lipinski definition) is 5. The first-order valence-electron chi connectivity index (χ1n) is 6.59. The normalized spacial score (nSPS) is 14.5. The molecule has 1 aromatic carbocycles. The molecular weight excluding hydrogens is 294 g/mol. The first-order chi connectivity index (χ1) is 9.73. The van der Waals surface area contributed by atoms with E-state index in [1.807, 2.05) is 0 Å². The summed E-state index contributed by atoms with van der Waals surface area (Å²) in [6.07, 6.45) is -0.220. The minimum atomic E-state index is -3.50. The van der Waals surface area contributed by atoms with E-state index >= 15 is 0 Å². The molecule has 0 aromatic heterocycles. The lowest BCUT2D eigenvalue weighted by Gasteiger charge is -2.15. The number of hydrogen-bond donors (Lipinski definition) is 2. The number of benzene rings is 1. The fourth-order valence-electron chi connectivity index (χ4n) is 1.98. The van der Waals surface area contributed by atoms with E-state index in [1.54, 1.807) is 26.0 Å². The van der Waals surface area contributed by atoms with E-state index in [0.717, 1.165) is 0 Å². The molecule has 0 spiro atoms. The van der Waals surface area contributed by atoms with Crippen LogP contribution in [0.3, 0.4) is 0 Å². The van der Waals surface area contributed by atoms with Crippen LogP contribution in [0.15, 0.2) is 24.3 Å². The molecule has 0 aliphatic heterocycles. The van der Waals surface area contributed by atoms with Gasteiger partial charge in [0.15, 0.2) is 0 Å². The lowest BCUT2D eigenvalue weighted by Crippen LogP contribution is -2.35. The molecule has 0 aliphatic rings. The number of esters is 1. The SMILES string of the molecule is COC(=O)c1ccc(CS(=O)(=O)NC(C)CC(C)O)cc1. The highest BCUT2D eigenvalue weighted by Crippen LogP contribution is 2.10. The van der Waals surface area contributed by atoms with Gasteiger partial charge in [0.05, 0.1) is 24.5 Å². The van der Waals surface area contributed by atoms with E-state index < -0.39 is 22.1 Å². The quantitative estimate of drug-likeness (QED) is 0.734. The van der Waals surface area contributed by atoms with Crippen LogP contribution < -0.4 is 4.72 Å². The second kappa shape index (κ2) is 7.53. The van der Waals surface area contributed by atoms with Gasteiger partial charge in [0.1, 0.15) is 0 Å². The van der Waals surface area contributed by atoms with Crippen molar-refractivity contribution in [3.05, 3.63) is 35.4 Å². The number of ether oxygens (including phenoxy) is 1. The minimum Gasteiger partial charge on any atom is -0.465 e. The molecule has 0 saturated carbocycles. The monoisotopic (exact) mass is 315 g/mol. The summed E-state index contributed by atoms with van der Waals surface area (Å²) in [6, 6.07) is 5.85. The summed E-state index contributed by atoms with van der Waals surface area (Å²) in [5.41, 5.74) is 0.938. The van der Waals surface area contributed by atoms with Crippen LogP contribution >= 0.6 is 0 Å². The van der Waals surface area contributed by atoms with Crippen molar-refractivity contribution in [1.29, 1.82) is 0 Å². The van der Waals surface area contributed by atoms with E-state index in [0.29, 0.717) is 17.5 Å². The van der Waals surface area contributed by atoms with Crippen LogP contribution in [0.4, 0.5) is 0 Å². The standard InChI is InChI=1S/C14H21NO5S/c1-10(8-11(2)16)15-21(18,19)9-12-4-6-13(7-5-12)14(17)20-3/h4-7,10-11,15-16H,8-9H2,1-3H3. The Morgan fingerprint density at radius 3 is 2.33 bits per heavy atom. The molecular formula is C14H21NO5S. The maximum atomic E-state index is 12.0. The number of sulfonamides is 1. The average molecular weight is 315 g/mol. The number of methoxy groups -OCH3 is 1. The van der Waals surface area contributed by atoms with Crippen LogP contribution in [-0.2, 0) is 20.5 Å². The predicted molar refractivity (Wildman–Crippen MR) is 79.3 cm³/mol. The Bertz CT molecular complexity index is 566. The van der Waals surface area contributed by atoms with Gasteiger partial charge in [-0.2, -0.15) is 0 Å². The lowest BCUT2D eigenvalue weighted by molar-refractivity contribution is 0.0600. The highest BCUT2D eigenvalue weighted by Gasteiger charge is 2.17. The van der Waals surface area contributed by atoms with Crippen LogP contribution in [0, 0.1) is 0 Å². The van der Waals surface area contributed by atoms with E-state index in [9.17, 15) is 18.3 Å². The third kappa shape index (κ3) is 6.24. The van der Waals surface area contributed by atoms with Crippen LogP contribution in [0.5, 0.6) is 0 Å². The van der Waals surface area contributed by atoms with Crippen LogP contribution in [0.1, 0.15) is 36.2 Å². The summed E-state index contributed by atoms with van der Waals surface area (Å²) in [6.45, 7) is 3.31. The number of rotatable bonds is 7. The van der Waals surface area contributed by atoms with Crippen molar-refractivity contribution in [1.82, 2.24) is 4.72 Å². The molecule has 2 atom stereocenters. The lowest BCUT2D eigenvalue weighted by atomic mass is 10.1. The fourth-order valence-corrected chi connectivity index (χ4v) is 3.41. The van der Waals surface area contributed by atoms with Crippen molar-refractivity contribution >= 4 is 16.0 Å². The molecule has 1 rings (SSSR count). The van der Waals surface area contributed by atoms with Crippen molar-refractivity contribution in [2.24, 2.45) is 0 Å². The van der Waals surface area contributed by atoms with Crippen molar-refractivity contribution in [2.75, 3.05) is 7.11 Å². The van der Waals surface area contributed by atoms with Crippen molar-refractivity contribution in [3.8, 4) is 0 Å². The van der Waals surface area contributed by atoms with Gasteiger partial charge in [-0.25, -0.2) is 17.9 Å². The molecule has 0 radical (unpaired) electrons. The van der Waals surface area contributed by atoms with Gasteiger partial charge in [-0.1, -0.05) is 12.1 Å². The molecule has 118 valence electrons. The fraction of sp³-hybridized carbons (Fsp3) is 0.500. The Labute approximate surface area is 125 Å². The van der Waals surface area contributed by atoms with Gasteiger partial charge >= 0.3 is 5.97 Å². The zero-order valence-corrected chi connectivity index (χ0v) is 13.2. The number of aliphatic hydroxyl groups excluding tert-OH is 1. The second-order valence-electron chi connectivity index (χ2n) is 5.05. The molecule has 0 heterocycles. The van der Waals surface area contributed by atoms with Crippen LogP contribution in [0.2, 0.25) is 0 Å². The summed E-state index contributed by atoms with van der Waals surface area (Å²) >= 11 is 0. The Balaban J connectivity index is 2.69. The minimum absolute atomic E-state index is 0.182. The molecule has 0 amide bonds. The van der Waals surface area contributed by atoms with Gasteiger partial charge in [-0.15, -0.1) is 0 Å². The summed E-state index contributed by atoms with van der Waals surface area (Å²) in [4.78, 5) is 11.3. The maximum absolute atomic E-state index is 12.0. The predicted octanol–water partition coefficient (Wildman–Crippen LogP) is 1.05. The molecule has 0 aliphatic carbocycles. The maximum Gasteiger partial charge on any atom is 0.337 e. The summed E-state index contributed by atoms with van der Waals surface area (Å²) < 4.78 is 31.0. The zero-order valence-electron chi connectivity index (χ0n) is 12.4. The van der Waals surface area contributed by atoms with Crippen molar-refractivity contribution in [3.63, 3.8) is 0 Å². The van der Waals surface area contributed by atoms with E-state index in [4.69, 9.17) is 0 Å². The number of carbonyl (C=O) groups excluding carboxylic acids is 1. The van der Waals surface area contributed by atoms with Gasteiger partial charge in [-0.05, 0) is 38.0 Å². The number of nitrogens with one attached hydrogen (secondary N) is 1. The zero-order chi connectivity index (χ0) is 16.0. The second-order valence-corrected chi connectivity index (χ2v) is 6.81. The smallest absolute Gasteiger partial charge is 0.337 e. The third-order valence-electron chi connectivity index (χ3n) is 2.81. The highest BCUT2D eigenvalue weighted by atomic mass is 32.2. The largest absolute Gasteiger partial charge is 0.465 e. The molecule has 21 heavy (non-hydrogen) atoms. The van der Waals surface area contributed by atoms with E-state index in [-0.39, 0.29) is 11.8 Å². The van der Waals surface area contributed by atoms with Gasteiger partial charge < -0.3 is 9.84 Å². The first kappa shape index (κ1) is 17.6. The molecule has 6 nitrogen and oxygen atoms in total. The molecule has 1 aromatic rings. The molecule has 0 fully saturated rings. The van der Waals surface area contributed by atoms with E-state index in [2.05, 4.69) is 9.46 Å². The first-order valence-corrected chi connectivity index (χ1v) is 8.24. The van der Waals surface area contributed by atoms with Crippen molar-refractivity contribution < 1.29 is 23.1 Å². The third-order valence-corrected chi connectivity index (χ3v) is 4.28. The summed E-state index contributed by atoms with van der Waals surface area (Å²) in [5, 5.41) is 9.24. The van der Waals surface area contributed by atoms with Gasteiger partial charge in [-0.3, -0.25) is 0 Å². The molecule has 0 saturated heterocycles. The Morgan fingerprint density at radius 2 is 1.86 bits per heavy atom. The van der Waals surface area contributed by atoms with Gasteiger partial charge in [0.25, 0.3) is 0 Å². The Hall–Kier alpha value is -1.44. The molecule has 2 unspecified atom stereocenters. The van der Waals surface area contributed by atoms with Crippen LogP contribution in [-0.4, -0.2) is 38.7 Å². The topological polar surface area (TPSA) is 92.7 Å². The average Bonchev–Trinajstić information content (AvgIpc) is 2.36. The summed E-state index contributed by atoms with van der Waals surface area (Å²) in [5.74, 6) is -0.647. The van der Waals surface area contributed by atoms with Gasteiger partial charge in [0, 0.05) is 6.04 Å². The molecule has 2 N–H and O–H groups in total. The van der Waals surface area contributed by atoms with Crippen molar-refractivity contribution in [2.45, 2.75) is 38.2 Å². The number of carbonyl (C=O) groups is 1. The Morgan fingerprint density at radius 1 is 1.29 bits per heavy atom. The van der Waals surface area contributed by atoms with Gasteiger partial charge in [0.2, 0.25) is 10.0 Å². The Kier molecular flexibility index (Phi) is 6.32. The van der Waals surface area contributed by atoms with Crippen LogP contribution in [0.25, 0.3) is 0 Å². The highest BCUT2D eigenvalue weighted by molar-refractivity contribution is 7.88. The molecule has 0 bridgehead atoms. The van der Waals surface area contributed by atoms with E-state index in [1.165, 1.54) is 19.2 Å².